The Morgan fingerprint density at radius 1 is 1.22 bits per heavy atom. The second-order valence-corrected chi connectivity index (χ2v) is 5.44. The second kappa shape index (κ2) is 5.22. The van der Waals surface area contributed by atoms with E-state index in [0.717, 1.165) is 25.9 Å². The van der Waals surface area contributed by atoms with Crippen LogP contribution in [-0.4, -0.2) is 36.1 Å². The lowest BCUT2D eigenvalue weighted by Gasteiger charge is -2.27. The highest BCUT2D eigenvalue weighted by atomic mass is 15.2. The Labute approximate surface area is 109 Å². The van der Waals surface area contributed by atoms with E-state index >= 15 is 0 Å². The maximum absolute atomic E-state index is 4.57. The van der Waals surface area contributed by atoms with E-state index in [1.165, 1.54) is 42.8 Å². The van der Waals surface area contributed by atoms with Gasteiger partial charge in [0, 0.05) is 30.9 Å². The number of nitrogens with zero attached hydrogens (tertiary/aromatic N) is 3. The average Bonchev–Trinajstić information content (AvgIpc) is 2.82. The molecule has 4 heteroatoms. The summed E-state index contributed by atoms with van der Waals surface area (Å²) >= 11 is 0. The molecule has 1 atom stereocenters. The summed E-state index contributed by atoms with van der Waals surface area (Å²) in [5, 5.41) is 3.43. The number of likely N-dealkylation sites (N-methyl/N-ethyl adjacent to an activating group) is 1. The van der Waals surface area contributed by atoms with Gasteiger partial charge in [0.1, 0.15) is 12.1 Å². The van der Waals surface area contributed by atoms with E-state index in [2.05, 4.69) is 27.2 Å². The third kappa shape index (κ3) is 2.21. The fraction of sp³-hybridized carbons (Fsp3) is 0.714. The van der Waals surface area contributed by atoms with Crippen LogP contribution in [0.5, 0.6) is 0 Å². The van der Waals surface area contributed by atoms with Crippen LogP contribution >= 0.6 is 0 Å². The Morgan fingerprint density at radius 2 is 2.11 bits per heavy atom. The van der Waals surface area contributed by atoms with Crippen molar-refractivity contribution < 1.29 is 0 Å². The molecule has 1 aromatic rings. The summed E-state index contributed by atoms with van der Waals surface area (Å²) in [6, 6.07) is 0.590. The van der Waals surface area contributed by atoms with Gasteiger partial charge in [-0.3, -0.25) is 0 Å². The lowest BCUT2D eigenvalue weighted by atomic mass is 10.1. The number of hydrogen-bond donors (Lipinski definition) is 1. The minimum Gasteiger partial charge on any atom is -0.355 e. The van der Waals surface area contributed by atoms with E-state index in [0.29, 0.717) is 6.04 Å². The smallest absolute Gasteiger partial charge is 0.135 e. The quantitative estimate of drug-likeness (QED) is 0.804. The molecule has 0 amide bonds. The normalized spacial score (nSPS) is 23.5. The summed E-state index contributed by atoms with van der Waals surface area (Å²) in [6.45, 7) is 2.21. The van der Waals surface area contributed by atoms with Crippen molar-refractivity contribution in [2.24, 2.45) is 0 Å². The molecule has 18 heavy (non-hydrogen) atoms. The number of aromatic nitrogens is 2. The molecule has 1 saturated heterocycles. The predicted octanol–water partition coefficient (Wildman–Crippen LogP) is 1.54. The SMILES string of the molecule is CN(c1ncnc2c1CCCCC2)C1CCNC1. The monoisotopic (exact) mass is 246 g/mol. The first-order valence-electron chi connectivity index (χ1n) is 7.12. The van der Waals surface area contributed by atoms with Crippen LogP contribution in [0.4, 0.5) is 5.82 Å². The van der Waals surface area contributed by atoms with E-state index in [9.17, 15) is 0 Å². The predicted molar refractivity (Wildman–Crippen MR) is 73.0 cm³/mol. The summed E-state index contributed by atoms with van der Waals surface area (Å²) in [5.74, 6) is 1.18. The Kier molecular flexibility index (Phi) is 3.46. The fourth-order valence-corrected chi connectivity index (χ4v) is 3.13. The Hall–Kier alpha value is -1.16. The maximum Gasteiger partial charge on any atom is 0.135 e. The highest BCUT2D eigenvalue weighted by Crippen LogP contribution is 2.27. The zero-order chi connectivity index (χ0) is 12.4. The van der Waals surface area contributed by atoms with Crippen LogP contribution in [0.3, 0.4) is 0 Å². The lowest BCUT2D eigenvalue weighted by molar-refractivity contribution is 0.669. The third-order valence-electron chi connectivity index (χ3n) is 4.27. The van der Waals surface area contributed by atoms with Gasteiger partial charge in [-0.15, -0.1) is 0 Å². The highest BCUT2D eigenvalue weighted by molar-refractivity contribution is 5.49. The minimum absolute atomic E-state index is 0.590. The van der Waals surface area contributed by atoms with Crippen LogP contribution in [0, 0.1) is 0 Å². The standard InChI is InChI=1S/C14H22N4/c1-18(11-7-8-15-9-11)14-12-5-3-2-4-6-13(12)16-10-17-14/h10-11,15H,2-9H2,1H3. The van der Waals surface area contributed by atoms with Gasteiger partial charge in [0.05, 0.1) is 0 Å². The topological polar surface area (TPSA) is 41.1 Å². The molecule has 1 unspecified atom stereocenters. The van der Waals surface area contributed by atoms with E-state index in [4.69, 9.17) is 0 Å². The van der Waals surface area contributed by atoms with Gasteiger partial charge in [-0.05, 0) is 38.6 Å². The van der Waals surface area contributed by atoms with Crippen LogP contribution in [0.1, 0.15) is 36.9 Å². The van der Waals surface area contributed by atoms with Gasteiger partial charge in [0.15, 0.2) is 0 Å². The number of rotatable bonds is 2. The molecule has 1 aliphatic heterocycles. The Bertz CT molecular complexity index is 412. The first-order valence-corrected chi connectivity index (χ1v) is 7.12. The van der Waals surface area contributed by atoms with Gasteiger partial charge >= 0.3 is 0 Å². The van der Waals surface area contributed by atoms with Crippen LogP contribution in [0.2, 0.25) is 0 Å². The van der Waals surface area contributed by atoms with Gasteiger partial charge in [-0.1, -0.05) is 6.42 Å². The summed E-state index contributed by atoms with van der Waals surface area (Å²) in [4.78, 5) is 11.4. The lowest BCUT2D eigenvalue weighted by Crippen LogP contribution is -2.35. The molecular weight excluding hydrogens is 224 g/mol. The molecule has 1 N–H and O–H groups in total. The molecule has 98 valence electrons. The molecule has 3 rings (SSSR count). The van der Waals surface area contributed by atoms with Crippen LogP contribution in [0.15, 0.2) is 6.33 Å². The summed E-state index contributed by atoms with van der Waals surface area (Å²) in [6.07, 6.45) is 9.12. The van der Waals surface area contributed by atoms with E-state index < -0.39 is 0 Å². The van der Waals surface area contributed by atoms with Crippen LogP contribution in [-0.2, 0) is 12.8 Å². The van der Waals surface area contributed by atoms with Crippen LogP contribution < -0.4 is 10.2 Å². The molecule has 4 nitrogen and oxygen atoms in total. The zero-order valence-electron chi connectivity index (χ0n) is 11.2. The molecule has 0 saturated carbocycles. The molecule has 0 spiro atoms. The van der Waals surface area contributed by atoms with Gasteiger partial charge in [-0.2, -0.15) is 0 Å². The van der Waals surface area contributed by atoms with Gasteiger partial charge in [-0.25, -0.2) is 9.97 Å². The molecule has 1 aromatic heterocycles. The Morgan fingerprint density at radius 3 is 2.94 bits per heavy atom. The molecule has 0 aromatic carbocycles. The number of anilines is 1. The Balaban J connectivity index is 1.91. The number of nitrogens with one attached hydrogen (secondary N) is 1. The van der Waals surface area contributed by atoms with Crippen molar-refractivity contribution in [2.75, 3.05) is 25.0 Å². The highest BCUT2D eigenvalue weighted by Gasteiger charge is 2.24. The third-order valence-corrected chi connectivity index (χ3v) is 4.27. The van der Waals surface area contributed by atoms with E-state index in [-0.39, 0.29) is 0 Å². The molecule has 1 aliphatic carbocycles. The summed E-state index contributed by atoms with van der Waals surface area (Å²) in [7, 11) is 2.19. The second-order valence-electron chi connectivity index (χ2n) is 5.44. The molecule has 1 fully saturated rings. The van der Waals surface area contributed by atoms with Crippen molar-refractivity contribution in [3.05, 3.63) is 17.6 Å². The molecule has 2 heterocycles. The summed E-state index contributed by atoms with van der Waals surface area (Å²) < 4.78 is 0. The molecule has 2 aliphatic rings. The molecule has 0 radical (unpaired) electrons. The van der Waals surface area contributed by atoms with Crippen LogP contribution in [0.25, 0.3) is 0 Å². The van der Waals surface area contributed by atoms with Gasteiger partial charge in [0.2, 0.25) is 0 Å². The van der Waals surface area contributed by atoms with Crippen molar-refractivity contribution in [1.82, 2.24) is 15.3 Å². The fourth-order valence-electron chi connectivity index (χ4n) is 3.13. The van der Waals surface area contributed by atoms with Crippen molar-refractivity contribution in [3.8, 4) is 0 Å². The van der Waals surface area contributed by atoms with Gasteiger partial charge in [0.25, 0.3) is 0 Å². The average molecular weight is 246 g/mol. The number of aryl methyl sites for hydroxylation is 1. The van der Waals surface area contributed by atoms with Gasteiger partial charge < -0.3 is 10.2 Å². The van der Waals surface area contributed by atoms with Crippen molar-refractivity contribution in [1.29, 1.82) is 0 Å². The minimum atomic E-state index is 0.590. The maximum atomic E-state index is 4.57. The largest absolute Gasteiger partial charge is 0.355 e. The number of fused-ring (bicyclic) bond motifs is 1. The first kappa shape index (κ1) is 11.9. The molecular formula is C14H22N4. The van der Waals surface area contributed by atoms with Crippen molar-refractivity contribution >= 4 is 5.82 Å². The molecule has 0 bridgehead atoms. The van der Waals surface area contributed by atoms with Crippen molar-refractivity contribution in [3.63, 3.8) is 0 Å². The number of hydrogen-bond acceptors (Lipinski definition) is 4. The first-order chi connectivity index (χ1) is 8.86. The zero-order valence-corrected chi connectivity index (χ0v) is 11.2. The van der Waals surface area contributed by atoms with E-state index in [1.54, 1.807) is 6.33 Å². The summed E-state index contributed by atoms with van der Waals surface area (Å²) in [5.41, 5.74) is 2.69. The van der Waals surface area contributed by atoms with E-state index in [1.807, 2.05) is 0 Å². The van der Waals surface area contributed by atoms with Crippen molar-refractivity contribution in [2.45, 2.75) is 44.6 Å².